The van der Waals surface area contributed by atoms with Crippen LogP contribution in [0, 0.1) is 6.92 Å². The number of benzene rings is 2. The van der Waals surface area contributed by atoms with Crippen LogP contribution in [0.2, 0.25) is 0 Å². The first-order valence-corrected chi connectivity index (χ1v) is 11.8. The van der Waals surface area contributed by atoms with Gasteiger partial charge in [0.05, 0.1) is 18.7 Å². The standard InChI is InChI=1S/C26H28N8O3/c1-17-13-18(4-6-23(17)37-20-7-8-34(27)24(15-20)28-2)31-25-21-14-19(3-5-22(21)29-16-30-25)32-26(35)33-9-11-36-12-10-33/h3-8,13-16H,9-12,27H2,1-2H3,(H,32,35)(H,29,30,31). The number of nitrogens with two attached hydrogens (primary N) is 1. The van der Waals surface area contributed by atoms with Gasteiger partial charge >= 0.3 is 6.03 Å². The summed E-state index contributed by atoms with van der Waals surface area (Å²) < 4.78 is 12.8. The van der Waals surface area contributed by atoms with Crippen molar-refractivity contribution in [1.82, 2.24) is 19.5 Å². The maximum absolute atomic E-state index is 12.6. The quantitative estimate of drug-likeness (QED) is 0.358. The molecule has 0 atom stereocenters. The lowest BCUT2D eigenvalue weighted by atomic mass is 10.1. The zero-order valence-corrected chi connectivity index (χ0v) is 20.6. The minimum atomic E-state index is -0.153. The van der Waals surface area contributed by atoms with E-state index in [1.54, 1.807) is 30.3 Å². The zero-order valence-electron chi connectivity index (χ0n) is 20.6. The molecule has 4 N–H and O–H groups in total. The molecule has 1 saturated heterocycles. The number of hydrogen-bond donors (Lipinski definition) is 3. The van der Waals surface area contributed by atoms with Crippen molar-refractivity contribution in [2.75, 3.05) is 49.8 Å². The number of nitrogen functional groups attached to an aromatic ring is 1. The van der Waals surface area contributed by atoms with E-state index >= 15 is 0 Å². The van der Waals surface area contributed by atoms with Crippen LogP contribution in [-0.2, 0) is 4.74 Å². The number of ether oxygens (including phenoxy) is 2. The second kappa shape index (κ2) is 10.5. The number of amides is 2. The van der Waals surface area contributed by atoms with Crippen molar-refractivity contribution >= 4 is 34.1 Å². The Kier molecular flexibility index (Phi) is 6.86. The average Bonchev–Trinajstić information content (AvgIpc) is 2.92. The lowest BCUT2D eigenvalue weighted by Crippen LogP contribution is -2.43. The predicted molar refractivity (Wildman–Crippen MR) is 142 cm³/mol. The number of aromatic nitrogens is 3. The van der Waals surface area contributed by atoms with Crippen LogP contribution in [0.15, 0.2) is 66.0 Å². The van der Waals surface area contributed by atoms with Crippen molar-refractivity contribution in [3.63, 3.8) is 0 Å². The van der Waals surface area contributed by atoms with Crippen LogP contribution < -0.4 is 26.7 Å². The molecule has 37 heavy (non-hydrogen) atoms. The van der Waals surface area contributed by atoms with Crippen LogP contribution in [0.5, 0.6) is 11.5 Å². The zero-order chi connectivity index (χ0) is 25.8. The number of nitrogens with zero attached hydrogens (tertiary/aromatic N) is 5. The van der Waals surface area contributed by atoms with Gasteiger partial charge in [-0.25, -0.2) is 14.8 Å². The average molecular weight is 501 g/mol. The molecule has 11 heteroatoms. The summed E-state index contributed by atoms with van der Waals surface area (Å²) in [5, 5.41) is 7.12. The SMILES string of the molecule is CN=c1cc(Oc2ccc(Nc3ncnc4ccc(NC(=O)N5CCOCC5)cc34)cc2C)ccn1N. The van der Waals surface area contributed by atoms with E-state index in [4.69, 9.17) is 15.3 Å². The highest BCUT2D eigenvalue weighted by Crippen LogP contribution is 2.30. The summed E-state index contributed by atoms with van der Waals surface area (Å²) in [4.78, 5) is 27.3. The molecule has 4 aromatic rings. The first kappa shape index (κ1) is 24.1. The van der Waals surface area contributed by atoms with Crippen LogP contribution in [0.4, 0.5) is 22.0 Å². The normalized spacial score (nSPS) is 14.0. The third-order valence-corrected chi connectivity index (χ3v) is 6.01. The van der Waals surface area contributed by atoms with Gasteiger partial charge in [0, 0.05) is 49.2 Å². The van der Waals surface area contributed by atoms with E-state index in [1.165, 1.54) is 11.0 Å². The first-order valence-electron chi connectivity index (χ1n) is 11.8. The van der Waals surface area contributed by atoms with E-state index in [-0.39, 0.29) is 6.03 Å². The second-order valence-corrected chi connectivity index (χ2v) is 8.54. The van der Waals surface area contributed by atoms with E-state index in [0.717, 1.165) is 22.2 Å². The first-order chi connectivity index (χ1) is 18.0. The van der Waals surface area contributed by atoms with Gasteiger partial charge in [-0.15, -0.1) is 0 Å². The van der Waals surface area contributed by atoms with Gasteiger partial charge in [0.1, 0.15) is 29.1 Å². The smallest absolute Gasteiger partial charge is 0.321 e. The summed E-state index contributed by atoms with van der Waals surface area (Å²) in [5.41, 5.74) is 3.80. The fourth-order valence-corrected chi connectivity index (χ4v) is 4.03. The summed E-state index contributed by atoms with van der Waals surface area (Å²) in [6, 6.07) is 14.7. The number of nitrogens with one attached hydrogen (secondary N) is 2. The summed E-state index contributed by atoms with van der Waals surface area (Å²) in [6.45, 7) is 4.20. The third kappa shape index (κ3) is 5.46. The number of aryl methyl sites for hydroxylation is 1. The molecule has 190 valence electrons. The molecular weight excluding hydrogens is 472 g/mol. The molecule has 5 rings (SSSR count). The van der Waals surface area contributed by atoms with Crippen molar-refractivity contribution in [3.05, 3.63) is 72.1 Å². The number of anilines is 3. The molecule has 2 aromatic carbocycles. The van der Waals surface area contributed by atoms with Crippen molar-refractivity contribution in [3.8, 4) is 11.5 Å². The molecule has 0 bridgehead atoms. The Morgan fingerprint density at radius 2 is 1.89 bits per heavy atom. The molecular formula is C26H28N8O3. The highest BCUT2D eigenvalue weighted by atomic mass is 16.5. The Balaban J connectivity index is 1.35. The molecule has 1 fully saturated rings. The molecule has 3 heterocycles. The van der Waals surface area contributed by atoms with Gasteiger partial charge in [-0.05, 0) is 55.0 Å². The van der Waals surface area contributed by atoms with Gasteiger partial charge in [-0.2, -0.15) is 0 Å². The number of carbonyl (C=O) groups is 1. The van der Waals surface area contributed by atoms with Crippen molar-refractivity contribution in [2.24, 2.45) is 4.99 Å². The fourth-order valence-electron chi connectivity index (χ4n) is 4.03. The van der Waals surface area contributed by atoms with Gasteiger partial charge in [-0.3, -0.25) is 9.67 Å². The molecule has 1 aliphatic rings. The lowest BCUT2D eigenvalue weighted by molar-refractivity contribution is 0.0564. The van der Waals surface area contributed by atoms with E-state index < -0.39 is 0 Å². The van der Waals surface area contributed by atoms with E-state index in [1.807, 2.05) is 43.3 Å². The summed E-state index contributed by atoms with van der Waals surface area (Å²) in [5.74, 6) is 7.82. The second-order valence-electron chi connectivity index (χ2n) is 8.54. The van der Waals surface area contributed by atoms with Crippen LogP contribution in [0.25, 0.3) is 10.9 Å². The van der Waals surface area contributed by atoms with Gasteiger partial charge < -0.3 is 30.8 Å². The molecule has 0 aliphatic carbocycles. The fraction of sp³-hybridized carbons (Fsp3) is 0.231. The molecule has 1 aliphatic heterocycles. The Morgan fingerprint density at radius 1 is 1.08 bits per heavy atom. The number of rotatable bonds is 5. The van der Waals surface area contributed by atoms with Gasteiger partial charge in [-0.1, -0.05) is 0 Å². The minimum Gasteiger partial charge on any atom is -0.457 e. The number of urea groups is 1. The van der Waals surface area contributed by atoms with Gasteiger partial charge in [0.25, 0.3) is 0 Å². The summed E-state index contributed by atoms with van der Waals surface area (Å²) >= 11 is 0. The van der Waals surface area contributed by atoms with E-state index in [9.17, 15) is 4.79 Å². The number of fused-ring (bicyclic) bond motifs is 1. The molecule has 0 radical (unpaired) electrons. The third-order valence-electron chi connectivity index (χ3n) is 6.01. The topological polar surface area (TPSA) is 132 Å². The van der Waals surface area contributed by atoms with Crippen LogP contribution in [0.1, 0.15) is 5.56 Å². The largest absolute Gasteiger partial charge is 0.457 e. The monoisotopic (exact) mass is 500 g/mol. The van der Waals surface area contributed by atoms with Crippen molar-refractivity contribution in [2.45, 2.75) is 6.92 Å². The van der Waals surface area contributed by atoms with Crippen molar-refractivity contribution in [1.29, 1.82) is 0 Å². The van der Waals surface area contributed by atoms with Gasteiger partial charge in [0.2, 0.25) is 0 Å². The number of hydrogen-bond acceptors (Lipinski definition) is 8. The minimum absolute atomic E-state index is 0.153. The predicted octanol–water partition coefficient (Wildman–Crippen LogP) is 3.38. The molecule has 2 amide bonds. The molecule has 0 unspecified atom stereocenters. The molecule has 11 nitrogen and oxygen atoms in total. The van der Waals surface area contributed by atoms with Crippen molar-refractivity contribution < 1.29 is 14.3 Å². The molecule has 0 spiro atoms. The number of morpholine rings is 1. The Bertz CT molecular complexity index is 1510. The number of pyridine rings is 1. The Morgan fingerprint density at radius 3 is 2.68 bits per heavy atom. The molecule has 2 aromatic heterocycles. The maximum Gasteiger partial charge on any atom is 0.321 e. The maximum atomic E-state index is 12.6. The Hall–Kier alpha value is -4.64. The summed E-state index contributed by atoms with van der Waals surface area (Å²) in [7, 11) is 1.67. The highest BCUT2D eigenvalue weighted by molar-refractivity contribution is 5.96. The highest BCUT2D eigenvalue weighted by Gasteiger charge is 2.17. The van der Waals surface area contributed by atoms with Crippen LogP contribution >= 0.6 is 0 Å². The molecule has 0 saturated carbocycles. The lowest BCUT2D eigenvalue weighted by Gasteiger charge is -2.27. The van der Waals surface area contributed by atoms with Crippen LogP contribution in [-0.4, -0.2) is 58.9 Å². The van der Waals surface area contributed by atoms with Crippen LogP contribution in [0.3, 0.4) is 0 Å². The van der Waals surface area contributed by atoms with E-state index in [2.05, 4.69) is 25.6 Å². The Labute approximate surface area is 213 Å². The number of carbonyl (C=O) groups excluding carboxylic acids is 1. The van der Waals surface area contributed by atoms with E-state index in [0.29, 0.717) is 54.8 Å². The van der Waals surface area contributed by atoms with Gasteiger partial charge in [0.15, 0.2) is 0 Å². The summed E-state index contributed by atoms with van der Waals surface area (Å²) in [6.07, 6.45) is 3.21.